The maximum Gasteiger partial charge on any atom is 0.273 e. The van der Waals surface area contributed by atoms with Gasteiger partial charge in [0.25, 0.3) is 5.91 Å². The zero-order valence-electron chi connectivity index (χ0n) is 15.0. The van der Waals surface area contributed by atoms with E-state index in [0.29, 0.717) is 11.6 Å². The fourth-order valence-electron chi connectivity index (χ4n) is 3.51. The first kappa shape index (κ1) is 16.5. The number of hydrogen-bond donors (Lipinski definition) is 2. The number of hydrogen-bond acceptors (Lipinski definition) is 4. The molecule has 1 aliphatic carbocycles. The van der Waals surface area contributed by atoms with Gasteiger partial charge in [-0.3, -0.25) is 9.89 Å². The van der Waals surface area contributed by atoms with Crippen LogP contribution in [0, 0.1) is 0 Å². The highest BCUT2D eigenvalue weighted by molar-refractivity contribution is 6.04. The topological polar surface area (TPSA) is 88.5 Å². The summed E-state index contributed by atoms with van der Waals surface area (Å²) in [5.74, 6) is 1.24. The van der Waals surface area contributed by atoms with Crippen LogP contribution in [-0.4, -0.2) is 30.9 Å². The van der Waals surface area contributed by atoms with Gasteiger partial charge < -0.3 is 9.88 Å². The number of benzene rings is 1. The summed E-state index contributed by atoms with van der Waals surface area (Å²) in [5, 5.41) is 18.2. The smallest absolute Gasteiger partial charge is 0.273 e. The lowest BCUT2D eigenvalue weighted by Gasteiger charge is -2.07. The molecule has 0 fully saturated rings. The molecule has 7 heteroatoms. The Labute approximate surface area is 151 Å². The molecule has 7 nitrogen and oxygen atoms in total. The van der Waals surface area contributed by atoms with Gasteiger partial charge in [0.2, 0.25) is 0 Å². The fraction of sp³-hybridized carbons (Fsp3) is 0.368. The van der Waals surface area contributed by atoms with Crippen LogP contribution >= 0.6 is 0 Å². The van der Waals surface area contributed by atoms with Crippen molar-refractivity contribution in [2.75, 3.05) is 5.32 Å². The Hall–Kier alpha value is -2.96. The van der Waals surface area contributed by atoms with E-state index in [1.54, 1.807) is 6.33 Å². The van der Waals surface area contributed by atoms with E-state index >= 15 is 0 Å². The van der Waals surface area contributed by atoms with E-state index in [-0.39, 0.29) is 5.91 Å². The Kier molecular flexibility index (Phi) is 4.28. The molecule has 1 aromatic carbocycles. The summed E-state index contributed by atoms with van der Waals surface area (Å²) in [6.07, 6.45) is 5.32. The average Bonchev–Trinajstić information content (AvgIpc) is 3.32. The number of rotatable bonds is 5. The summed E-state index contributed by atoms with van der Waals surface area (Å²) < 4.78 is 1.92. The van der Waals surface area contributed by atoms with Crippen LogP contribution in [0.4, 0.5) is 5.69 Å². The van der Waals surface area contributed by atoms with Gasteiger partial charge in [-0.25, -0.2) is 0 Å². The highest BCUT2D eigenvalue weighted by Gasteiger charge is 2.27. The second-order valence-corrected chi connectivity index (χ2v) is 6.91. The minimum Gasteiger partial charge on any atom is -0.321 e. The Morgan fingerprint density at radius 3 is 3.08 bits per heavy atom. The first-order valence-electron chi connectivity index (χ1n) is 8.92. The molecule has 0 radical (unpaired) electrons. The number of aromatic nitrogens is 5. The lowest BCUT2D eigenvalue weighted by atomic mass is 10.1. The van der Waals surface area contributed by atoms with Crippen LogP contribution in [0.2, 0.25) is 0 Å². The van der Waals surface area contributed by atoms with Gasteiger partial charge in [-0.05, 0) is 37.0 Å². The van der Waals surface area contributed by atoms with Crippen molar-refractivity contribution in [2.24, 2.45) is 7.05 Å². The summed E-state index contributed by atoms with van der Waals surface area (Å²) in [4.78, 5) is 12.6. The zero-order chi connectivity index (χ0) is 18.1. The van der Waals surface area contributed by atoms with Crippen molar-refractivity contribution in [3.63, 3.8) is 0 Å². The average molecular weight is 350 g/mol. The third-order valence-electron chi connectivity index (χ3n) is 5.05. The molecular formula is C19H22N6O. The molecule has 26 heavy (non-hydrogen) atoms. The molecule has 1 aliphatic rings. The molecule has 1 unspecified atom stereocenters. The van der Waals surface area contributed by atoms with Crippen LogP contribution in [0.1, 0.15) is 52.4 Å². The molecule has 2 N–H and O–H groups in total. The van der Waals surface area contributed by atoms with Crippen LogP contribution in [0.5, 0.6) is 0 Å². The van der Waals surface area contributed by atoms with E-state index in [0.717, 1.165) is 54.0 Å². The van der Waals surface area contributed by atoms with E-state index in [1.807, 2.05) is 29.8 Å². The van der Waals surface area contributed by atoms with Gasteiger partial charge in [0.15, 0.2) is 0 Å². The number of H-pyrrole nitrogens is 1. The van der Waals surface area contributed by atoms with Gasteiger partial charge in [-0.15, -0.1) is 10.2 Å². The summed E-state index contributed by atoms with van der Waals surface area (Å²) in [7, 11) is 1.94. The highest BCUT2D eigenvalue weighted by atomic mass is 16.1. The molecule has 2 aromatic heterocycles. The van der Waals surface area contributed by atoms with E-state index in [9.17, 15) is 4.79 Å². The maximum atomic E-state index is 12.6. The molecular weight excluding hydrogens is 328 g/mol. The van der Waals surface area contributed by atoms with Crippen molar-refractivity contribution in [1.29, 1.82) is 0 Å². The molecule has 2 heterocycles. The van der Waals surface area contributed by atoms with Gasteiger partial charge in [-0.2, -0.15) is 5.10 Å². The Bertz CT molecular complexity index is 941. The molecule has 4 rings (SSSR count). The van der Waals surface area contributed by atoms with E-state index in [2.05, 4.69) is 38.7 Å². The van der Waals surface area contributed by atoms with Crippen molar-refractivity contribution in [3.8, 4) is 0 Å². The Morgan fingerprint density at radius 2 is 2.27 bits per heavy atom. The molecule has 0 bridgehead atoms. The van der Waals surface area contributed by atoms with E-state index in [1.165, 1.54) is 0 Å². The first-order chi connectivity index (χ1) is 12.6. The summed E-state index contributed by atoms with van der Waals surface area (Å²) in [6, 6.07) is 7.93. The van der Waals surface area contributed by atoms with Crippen molar-refractivity contribution < 1.29 is 4.79 Å². The second kappa shape index (κ2) is 6.74. The Balaban J connectivity index is 1.44. The molecule has 0 aliphatic heterocycles. The number of amides is 1. The standard InChI is InChI=1S/C19H22N6O/c1-12-6-8-15-17(12)23-24-18(15)19(26)21-14-5-3-4-13(10-14)7-9-16-22-20-11-25(16)2/h3-5,10-12H,6-9H2,1-2H3,(H,21,26)(H,23,24). The largest absolute Gasteiger partial charge is 0.321 e. The van der Waals surface area contributed by atoms with Gasteiger partial charge >= 0.3 is 0 Å². The normalized spacial score (nSPS) is 15.8. The zero-order valence-corrected chi connectivity index (χ0v) is 15.0. The molecule has 134 valence electrons. The number of anilines is 1. The lowest BCUT2D eigenvalue weighted by molar-refractivity contribution is 0.102. The molecule has 0 saturated carbocycles. The minimum absolute atomic E-state index is 0.127. The van der Waals surface area contributed by atoms with Crippen LogP contribution in [0.25, 0.3) is 0 Å². The summed E-state index contributed by atoms with van der Waals surface area (Å²) in [6.45, 7) is 2.15. The number of aromatic amines is 1. The third-order valence-corrected chi connectivity index (χ3v) is 5.05. The SMILES string of the molecule is CC1CCc2c1n[nH]c2C(=O)Nc1cccc(CCc2nncn2C)c1. The van der Waals surface area contributed by atoms with Crippen molar-refractivity contribution in [3.05, 3.63) is 58.9 Å². The quantitative estimate of drug-likeness (QED) is 0.740. The maximum absolute atomic E-state index is 12.6. The molecule has 1 amide bonds. The van der Waals surface area contributed by atoms with E-state index < -0.39 is 0 Å². The van der Waals surface area contributed by atoms with Crippen molar-refractivity contribution >= 4 is 11.6 Å². The van der Waals surface area contributed by atoms with Crippen LogP contribution < -0.4 is 5.32 Å². The molecule has 0 saturated heterocycles. The predicted molar refractivity (Wildman–Crippen MR) is 98.1 cm³/mol. The van der Waals surface area contributed by atoms with Crippen LogP contribution in [0.15, 0.2) is 30.6 Å². The van der Waals surface area contributed by atoms with Crippen LogP contribution in [0.3, 0.4) is 0 Å². The number of nitrogens with zero attached hydrogens (tertiary/aromatic N) is 4. The fourth-order valence-corrected chi connectivity index (χ4v) is 3.51. The number of carbonyl (C=O) groups excluding carboxylic acids is 1. The number of fused-ring (bicyclic) bond motifs is 1. The third kappa shape index (κ3) is 3.12. The van der Waals surface area contributed by atoms with Crippen molar-refractivity contribution in [2.45, 2.75) is 38.5 Å². The van der Waals surface area contributed by atoms with Gasteiger partial charge in [0.05, 0.1) is 5.69 Å². The molecule has 0 spiro atoms. The number of aryl methyl sites for hydroxylation is 3. The first-order valence-corrected chi connectivity index (χ1v) is 8.92. The van der Waals surface area contributed by atoms with Crippen molar-refractivity contribution in [1.82, 2.24) is 25.0 Å². The van der Waals surface area contributed by atoms with Gasteiger partial charge in [0.1, 0.15) is 17.8 Å². The minimum atomic E-state index is -0.127. The predicted octanol–water partition coefficient (Wildman–Crippen LogP) is 2.63. The number of carbonyl (C=O) groups is 1. The summed E-state index contributed by atoms with van der Waals surface area (Å²) >= 11 is 0. The highest BCUT2D eigenvalue weighted by Crippen LogP contribution is 2.32. The monoisotopic (exact) mass is 350 g/mol. The van der Waals surface area contributed by atoms with Gasteiger partial charge in [0, 0.05) is 30.6 Å². The lowest BCUT2D eigenvalue weighted by Crippen LogP contribution is -2.14. The number of nitrogens with one attached hydrogen (secondary N) is 2. The summed E-state index contributed by atoms with van der Waals surface area (Å²) in [5.41, 5.74) is 4.63. The second-order valence-electron chi connectivity index (χ2n) is 6.91. The van der Waals surface area contributed by atoms with E-state index in [4.69, 9.17) is 0 Å². The molecule has 3 aromatic rings. The van der Waals surface area contributed by atoms with Gasteiger partial charge in [-0.1, -0.05) is 19.1 Å². The molecule has 1 atom stereocenters. The van der Waals surface area contributed by atoms with Crippen LogP contribution in [-0.2, 0) is 26.3 Å². The Morgan fingerprint density at radius 1 is 1.38 bits per heavy atom.